The van der Waals surface area contributed by atoms with Crippen LogP contribution in [0.5, 0.6) is 11.5 Å². The highest BCUT2D eigenvalue weighted by atomic mass is 16.5. The SMILES string of the molecule is COc1ccc(NC(=O)/C(C#N)=C/c2ccc(-c3ccc(C(=O)O)cc3)o2)cc1OC. The van der Waals surface area contributed by atoms with E-state index in [9.17, 15) is 14.9 Å². The number of carbonyl (C=O) groups is 2. The highest BCUT2D eigenvalue weighted by Crippen LogP contribution is 2.30. The number of nitrogens with one attached hydrogen (secondary N) is 1. The number of carboxylic acids is 1. The molecule has 0 saturated carbocycles. The number of furan rings is 1. The van der Waals surface area contributed by atoms with Crippen LogP contribution >= 0.6 is 0 Å². The zero-order valence-electron chi connectivity index (χ0n) is 16.7. The van der Waals surface area contributed by atoms with E-state index >= 15 is 0 Å². The van der Waals surface area contributed by atoms with E-state index in [1.54, 1.807) is 42.5 Å². The first-order valence-electron chi connectivity index (χ1n) is 9.04. The quantitative estimate of drug-likeness (QED) is 0.435. The standard InChI is InChI=1S/C23H18N2O6/c1-29-20-9-7-17(12-21(20)30-2)25-22(26)16(13-24)11-18-8-10-19(31-18)14-3-5-15(6-4-14)23(27)28/h3-12H,1-2H3,(H,25,26)(H,27,28)/b16-11+. The summed E-state index contributed by atoms with van der Waals surface area (Å²) >= 11 is 0. The number of benzene rings is 2. The van der Waals surface area contributed by atoms with Gasteiger partial charge in [0.2, 0.25) is 0 Å². The van der Waals surface area contributed by atoms with Gasteiger partial charge in [-0.1, -0.05) is 12.1 Å². The van der Waals surface area contributed by atoms with Gasteiger partial charge in [0, 0.05) is 23.4 Å². The van der Waals surface area contributed by atoms with E-state index < -0.39 is 11.9 Å². The smallest absolute Gasteiger partial charge is 0.335 e. The number of amides is 1. The number of aromatic carboxylic acids is 1. The fourth-order valence-corrected chi connectivity index (χ4v) is 2.77. The summed E-state index contributed by atoms with van der Waals surface area (Å²) in [7, 11) is 2.98. The maximum absolute atomic E-state index is 12.5. The molecule has 3 rings (SSSR count). The third-order valence-electron chi connectivity index (χ3n) is 4.34. The minimum Gasteiger partial charge on any atom is -0.493 e. The lowest BCUT2D eigenvalue weighted by Crippen LogP contribution is -2.13. The van der Waals surface area contributed by atoms with E-state index in [0.29, 0.717) is 34.3 Å². The summed E-state index contributed by atoms with van der Waals surface area (Å²) in [5.41, 5.74) is 1.10. The lowest BCUT2D eigenvalue weighted by atomic mass is 10.1. The number of methoxy groups -OCH3 is 2. The van der Waals surface area contributed by atoms with E-state index in [0.717, 1.165) is 0 Å². The van der Waals surface area contributed by atoms with Crippen LogP contribution in [0.2, 0.25) is 0 Å². The summed E-state index contributed by atoms with van der Waals surface area (Å²) in [6.45, 7) is 0. The minimum atomic E-state index is -1.02. The zero-order chi connectivity index (χ0) is 22.4. The van der Waals surface area contributed by atoms with E-state index in [1.165, 1.54) is 32.4 Å². The van der Waals surface area contributed by atoms with E-state index in [-0.39, 0.29) is 11.1 Å². The predicted octanol–water partition coefficient (Wildman–Crippen LogP) is 4.21. The Kier molecular flexibility index (Phi) is 6.38. The second-order valence-electron chi connectivity index (χ2n) is 6.28. The van der Waals surface area contributed by atoms with E-state index in [4.69, 9.17) is 19.0 Å². The predicted molar refractivity (Wildman–Crippen MR) is 113 cm³/mol. The van der Waals surface area contributed by atoms with Gasteiger partial charge in [-0.15, -0.1) is 0 Å². The van der Waals surface area contributed by atoms with Crippen LogP contribution in [-0.2, 0) is 4.79 Å². The van der Waals surface area contributed by atoms with Crippen LogP contribution in [0.15, 0.2) is 64.6 Å². The van der Waals surface area contributed by atoms with Gasteiger partial charge in [0.1, 0.15) is 23.2 Å². The molecule has 0 aliphatic rings. The molecule has 3 aromatic rings. The van der Waals surface area contributed by atoms with Gasteiger partial charge in [-0.05, 0) is 36.4 Å². The van der Waals surface area contributed by atoms with Crippen molar-refractivity contribution in [2.75, 3.05) is 19.5 Å². The van der Waals surface area contributed by atoms with Gasteiger partial charge in [0.05, 0.1) is 19.8 Å². The first-order valence-corrected chi connectivity index (χ1v) is 9.04. The van der Waals surface area contributed by atoms with Gasteiger partial charge >= 0.3 is 5.97 Å². The summed E-state index contributed by atoms with van der Waals surface area (Å²) in [6, 6.07) is 16.1. The molecule has 0 saturated heterocycles. The Bertz CT molecular complexity index is 1190. The molecule has 0 bridgehead atoms. The fourth-order valence-electron chi connectivity index (χ4n) is 2.77. The first kappa shape index (κ1) is 21.2. The minimum absolute atomic E-state index is 0.156. The van der Waals surface area contributed by atoms with Crippen molar-refractivity contribution in [3.63, 3.8) is 0 Å². The second kappa shape index (κ2) is 9.33. The Labute approximate surface area is 177 Å². The van der Waals surface area contributed by atoms with E-state index in [1.807, 2.05) is 6.07 Å². The zero-order valence-corrected chi connectivity index (χ0v) is 16.7. The molecule has 2 aromatic carbocycles. The molecule has 8 heteroatoms. The molecule has 1 amide bonds. The number of nitrogens with zero attached hydrogens (tertiary/aromatic N) is 1. The number of nitriles is 1. The van der Waals surface area contributed by atoms with Crippen molar-refractivity contribution in [1.82, 2.24) is 0 Å². The maximum atomic E-state index is 12.5. The molecule has 0 unspecified atom stereocenters. The molecular weight excluding hydrogens is 400 g/mol. The average molecular weight is 418 g/mol. The molecule has 0 aliphatic carbocycles. The third-order valence-corrected chi connectivity index (χ3v) is 4.34. The Morgan fingerprint density at radius 3 is 2.35 bits per heavy atom. The van der Waals surface area contributed by atoms with Crippen molar-refractivity contribution in [2.24, 2.45) is 0 Å². The molecule has 0 fully saturated rings. The molecule has 1 heterocycles. The van der Waals surface area contributed by atoms with Gasteiger partial charge in [-0.2, -0.15) is 5.26 Å². The van der Waals surface area contributed by atoms with Crippen molar-refractivity contribution in [1.29, 1.82) is 5.26 Å². The molecule has 0 atom stereocenters. The van der Waals surface area contributed by atoms with Gasteiger partial charge in [0.15, 0.2) is 11.5 Å². The highest BCUT2D eigenvalue weighted by molar-refractivity contribution is 6.09. The number of rotatable bonds is 7. The summed E-state index contributed by atoms with van der Waals surface area (Å²) in [5.74, 6) is 0.0905. The molecule has 2 N–H and O–H groups in total. The summed E-state index contributed by atoms with van der Waals surface area (Å²) < 4.78 is 16.0. The molecule has 1 aromatic heterocycles. The van der Waals surface area contributed by atoms with Crippen LogP contribution in [0.4, 0.5) is 5.69 Å². The second-order valence-corrected chi connectivity index (χ2v) is 6.28. The number of anilines is 1. The third kappa shape index (κ3) is 4.92. The van der Waals surface area contributed by atoms with Gasteiger partial charge in [0.25, 0.3) is 5.91 Å². The van der Waals surface area contributed by atoms with Crippen LogP contribution < -0.4 is 14.8 Å². The monoisotopic (exact) mass is 418 g/mol. The molecule has 8 nitrogen and oxygen atoms in total. The first-order chi connectivity index (χ1) is 14.9. The van der Waals surface area contributed by atoms with E-state index in [2.05, 4.69) is 5.32 Å². The number of hydrogen-bond donors (Lipinski definition) is 2. The van der Waals surface area contributed by atoms with Crippen LogP contribution in [-0.4, -0.2) is 31.2 Å². The van der Waals surface area contributed by atoms with Gasteiger partial charge in [-0.3, -0.25) is 4.79 Å². The topological polar surface area (TPSA) is 122 Å². The number of ether oxygens (including phenoxy) is 2. The Morgan fingerprint density at radius 2 is 1.74 bits per heavy atom. The maximum Gasteiger partial charge on any atom is 0.335 e. The molecular formula is C23H18N2O6. The number of carbonyl (C=O) groups excluding carboxylic acids is 1. The van der Waals surface area contributed by atoms with Gasteiger partial charge < -0.3 is 24.3 Å². The van der Waals surface area contributed by atoms with Gasteiger partial charge in [-0.25, -0.2) is 4.79 Å². The fraction of sp³-hybridized carbons (Fsp3) is 0.0870. The lowest BCUT2D eigenvalue weighted by Gasteiger charge is -2.10. The molecule has 31 heavy (non-hydrogen) atoms. The molecule has 0 aliphatic heterocycles. The summed E-state index contributed by atoms with van der Waals surface area (Å²) in [5, 5.41) is 21.0. The van der Waals surface area contributed by atoms with Crippen molar-refractivity contribution in [3.8, 4) is 28.9 Å². The van der Waals surface area contributed by atoms with Crippen molar-refractivity contribution < 1.29 is 28.6 Å². The van der Waals surface area contributed by atoms with Crippen LogP contribution in [0.25, 0.3) is 17.4 Å². The number of hydrogen-bond acceptors (Lipinski definition) is 6. The lowest BCUT2D eigenvalue weighted by molar-refractivity contribution is -0.112. The molecule has 0 spiro atoms. The van der Waals surface area contributed by atoms with Crippen LogP contribution in [0, 0.1) is 11.3 Å². The largest absolute Gasteiger partial charge is 0.493 e. The highest BCUT2D eigenvalue weighted by Gasteiger charge is 2.13. The summed E-state index contributed by atoms with van der Waals surface area (Å²) in [6.07, 6.45) is 1.32. The van der Waals surface area contributed by atoms with Crippen LogP contribution in [0.3, 0.4) is 0 Å². The average Bonchev–Trinajstić information content (AvgIpc) is 3.26. The number of carboxylic acid groups (broad SMARTS) is 1. The normalized spacial score (nSPS) is 10.8. The van der Waals surface area contributed by atoms with Crippen molar-refractivity contribution in [3.05, 3.63) is 71.5 Å². The van der Waals surface area contributed by atoms with Crippen LogP contribution in [0.1, 0.15) is 16.1 Å². The Morgan fingerprint density at radius 1 is 1.03 bits per heavy atom. The Hall–Kier alpha value is -4.51. The molecule has 156 valence electrons. The summed E-state index contributed by atoms with van der Waals surface area (Å²) in [4.78, 5) is 23.5. The van der Waals surface area contributed by atoms with Crippen molar-refractivity contribution in [2.45, 2.75) is 0 Å². The Balaban J connectivity index is 1.78. The van der Waals surface area contributed by atoms with Crippen molar-refractivity contribution >= 4 is 23.6 Å². The molecule has 0 radical (unpaired) electrons.